The lowest BCUT2D eigenvalue weighted by Crippen LogP contribution is -2.36. The molecular formula is C24H24Cl2N2O2. The van der Waals surface area contributed by atoms with E-state index in [-0.39, 0.29) is 0 Å². The minimum Gasteiger partial charge on any atom is -0.486 e. The summed E-state index contributed by atoms with van der Waals surface area (Å²) in [5.41, 5.74) is 4.32. The molecule has 1 aliphatic heterocycles. The summed E-state index contributed by atoms with van der Waals surface area (Å²) in [5.74, 6) is 0.515. The highest BCUT2D eigenvalue weighted by Crippen LogP contribution is 2.35. The van der Waals surface area contributed by atoms with Crippen molar-refractivity contribution in [2.24, 2.45) is 0 Å². The van der Waals surface area contributed by atoms with Gasteiger partial charge in [0.05, 0.1) is 23.3 Å². The van der Waals surface area contributed by atoms with Crippen molar-refractivity contribution in [1.29, 1.82) is 0 Å². The molecular weight excluding hydrogens is 419 g/mol. The van der Waals surface area contributed by atoms with Gasteiger partial charge < -0.3 is 19.7 Å². The Morgan fingerprint density at radius 2 is 1.53 bits per heavy atom. The molecule has 0 atom stereocenters. The predicted molar refractivity (Wildman–Crippen MR) is 124 cm³/mol. The normalized spacial score (nSPS) is 13.9. The summed E-state index contributed by atoms with van der Waals surface area (Å²) < 4.78 is 11.3. The van der Waals surface area contributed by atoms with Gasteiger partial charge in [0.25, 0.3) is 0 Å². The van der Waals surface area contributed by atoms with Crippen molar-refractivity contribution in [3.63, 3.8) is 0 Å². The fourth-order valence-corrected chi connectivity index (χ4v) is 4.04. The number of rotatable bonds is 7. The Hall–Kier alpha value is -2.40. The number of nitrogens with one attached hydrogen (secondary N) is 1. The lowest BCUT2D eigenvalue weighted by molar-refractivity contribution is 0.122. The third-order valence-electron chi connectivity index (χ3n) is 5.02. The smallest absolute Gasteiger partial charge is 0.156 e. The largest absolute Gasteiger partial charge is 0.486 e. The number of halogens is 2. The summed E-state index contributed by atoms with van der Waals surface area (Å²) in [6.45, 7) is 4.48. The van der Waals surface area contributed by atoms with Crippen molar-refractivity contribution in [2.75, 3.05) is 36.5 Å². The summed E-state index contributed by atoms with van der Waals surface area (Å²) in [6, 6.07) is 22.2. The van der Waals surface area contributed by atoms with Crippen LogP contribution in [0.25, 0.3) is 0 Å². The van der Waals surface area contributed by atoms with Gasteiger partial charge >= 0.3 is 0 Å². The van der Waals surface area contributed by atoms with Crippen molar-refractivity contribution < 1.29 is 9.47 Å². The SMILES string of the molecule is Clc1cc(CNc2ccc(N3CCOCC3)cc2)cc(Cl)c1OCc1ccccc1. The Bertz CT molecular complexity index is 936. The zero-order chi connectivity index (χ0) is 20.8. The second-order valence-corrected chi connectivity index (χ2v) is 7.98. The zero-order valence-corrected chi connectivity index (χ0v) is 18.1. The van der Waals surface area contributed by atoms with Gasteiger partial charge in [-0.2, -0.15) is 0 Å². The second-order valence-electron chi connectivity index (χ2n) is 7.16. The Balaban J connectivity index is 1.35. The first kappa shape index (κ1) is 20.9. The van der Waals surface area contributed by atoms with Crippen molar-refractivity contribution in [1.82, 2.24) is 0 Å². The third-order valence-corrected chi connectivity index (χ3v) is 5.59. The van der Waals surface area contributed by atoms with Gasteiger partial charge in [0.1, 0.15) is 6.61 Å². The topological polar surface area (TPSA) is 33.7 Å². The number of hydrogen-bond acceptors (Lipinski definition) is 4. The fraction of sp³-hybridized carbons (Fsp3) is 0.250. The summed E-state index contributed by atoms with van der Waals surface area (Å²) >= 11 is 12.9. The van der Waals surface area contributed by atoms with Gasteiger partial charge in [-0.05, 0) is 47.5 Å². The minimum absolute atomic E-state index is 0.424. The van der Waals surface area contributed by atoms with E-state index in [2.05, 4.69) is 34.5 Å². The van der Waals surface area contributed by atoms with Crippen LogP contribution < -0.4 is 15.0 Å². The lowest BCUT2D eigenvalue weighted by Gasteiger charge is -2.29. The molecule has 4 rings (SSSR count). The Morgan fingerprint density at radius 1 is 0.867 bits per heavy atom. The Morgan fingerprint density at radius 3 is 2.20 bits per heavy atom. The molecule has 0 spiro atoms. The summed E-state index contributed by atoms with van der Waals surface area (Å²) in [4.78, 5) is 2.33. The van der Waals surface area contributed by atoms with E-state index < -0.39 is 0 Å². The van der Waals surface area contributed by atoms with Crippen molar-refractivity contribution in [3.05, 3.63) is 87.9 Å². The van der Waals surface area contributed by atoms with Crippen molar-refractivity contribution in [3.8, 4) is 5.75 Å². The van der Waals surface area contributed by atoms with Crippen LogP contribution in [-0.2, 0) is 17.9 Å². The van der Waals surface area contributed by atoms with E-state index in [9.17, 15) is 0 Å². The number of benzene rings is 3. The highest BCUT2D eigenvalue weighted by Gasteiger charge is 2.12. The van der Waals surface area contributed by atoms with E-state index >= 15 is 0 Å². The zero-order valence-electron chi connectivity index (χ0n) is 16.6. The van der Waals surface area contributed by atoms with Gasteiger partial charge in [-0.25, -0.2) is 0 Å². The van der Waals surface area contributed by atoms with Gasteiger partial charge in [-0.15, -0.1) is 0 Å². The van der Waals surface area contributed by atoms with Crippen LogP contribution in [0.3, 0.4) is 0 Å². The monoisotopic (exact) mass is 442 g/mol. The first-order valence-electron chi connectivity index (χ1n) is 10.0. The van der Waals surface area contributed by atoms with Crippen LogP contribution in [0.2, 0.25) is 10.0 Å². The maximum atomic E-state index is 6.44. The van der Waals surface area contributed by atoms with Crippen LogP contribution in [0.1, 0.15) is 11.1 Å². The van der Waals surface area contributed by atoms with E-state index in [0.717, 1.165) is 43.1 Å². The van der Waals surface area contributed by atoms with E-state index in [4.69, 9.17) is 32.7 Å². The maximum absolute atomic E-state index is 6.44. The van der Waals surface area contributed by atoms with Crippen LogP contribution in [0.15, 0.2) is 66.7 Å². The molecule has 1 saturated heterocycles. The van der Waals surface area contributed by atoms with E-state index in [1.165, 1.54) is 5.69 Å². The van der Waals surface area contributed by atoms with E-state index in [1.807, 2.05) is 42.5 Å². The average molecular weight is 443 g/mol. The predicted octanol–water partition coefficient (Wildman–Crippen LogP) is 6.02. The second kappa shape index (κ2) is 10.1. The number of anilines is 2. The molecule has 0 aromatic heterocycles. The fourth-order valence-electron chi connectivity index (χ4n) is 3.40. The summed E-state index contributed by atoms with van der Waals surface area (Å²) in [7, 11) is 0. The molecule has 1 heterocycles. The molecule has 3 aromatic carbocycles. The van der Waals surface area contributed by atoms with E-state index in [0.29, 0.717) is 28.9 Å². The van der Waals surface area contributed by atoms with E-state index in [1.54, 1.807) is 0 Å². The minimum atomic E-state index is 0.424. The van der Waals surface area contributed by atoms with Gasteiger partial charge in [-0.1, -0.05) is 53.5 Å². The quantitative estimate of drug-likeness (QED) is 0.484. The molecule has 1 aliphatic rings. The van der Waals surface area contributed by atoms with Gasteiger partial charge in [0, 0.05) is 31.0 Å². The maximum Gasteiger partial charge on any atom is 0.156 e. The molecule has 0 bridgehead atoms. The number of hydrogen-bond donors (Lipinski definition) is 1. The first-order valence-corrected chi connectivity index (χ1v) is 10.8. The van der Waals surface area contributed by atoms with Crippen LogP contribution in [0.5, 0.6) is 5.75 Å². The molecule has 1 N–H and O–H groups in total. The molecule has 4 nitrogen and oxygen atoms in total. The van der Waals surface area contributed by atoms with Crippen LogP contribution >= 0.6 is 23.2 Å². The molecule has 0 radical (unpaired) electrons. The molecule has 0 amide bonds. The molecule has 30 heavy (non-hydrogen) atoms. The molecule has 3 aromatic rings. The molecule has 0 saturated carbocycles. The number of ether oxygens (including phenoxy) is 2. The number of morpholine rings is 1. The molecule has 0 aliphatic carbocycles. The first-order chi connectivity index (χ1) is 14.7. The molecule has 0 unspecified atom stereocenters. The summed E-state index contributed by atoms with van der Waals surface area (Å²) in [6.07, 6.45) is 0. The van der Waals surface area contributed by atoms with Gasteiger partial charge in [0.2, 0.25) is 0 Å². The average Bonchev–Trinajstić information content (AvgIpc) is 2.79. The van der Waals surface area contributed by atoms with Crippen molar-refractivity contribution >= 4 is 34.6 Å². The van der Waals surface area contributed by atoms with Gasteiger partial charge in [0.15, 0.2) is 5.75 Å². The summed E-state index contributed by atoms with van der Waals surface area (Å²) in [5, 5.41) is 4.45. The molecule has 6 heteroatoms. The van der Waals surface area contributed by atoms with Crippen LogP contribution in [-0.4, -0.2) is 26.3 Å². The van der Waals surface area contributed by atoms with Crippen LogP contribution in [0.4, 0.5) is 11.4 Å². The highest BCUT2D eigenvalue weighted by atomic mass is 35.5. The number of nitrogens with zero attached hydrogens (tertiary/aromatic N) is 1. The molecule has 1 fully saturated rings. The van der Waals surface area contributed by atoms with Crippen molar-refractivity contribution in [2.45, 2.75) is 13.2 Å². The standard InChI is InChI=1S/C24H24Cl2N2O2/c25-22-14-19(15-23(26)24(22)30-17-18-4-2-1-3-5-18)16-27-20-6-8-21(9-7-20)28-10-12-29-13-11-28/h1-9,14-15,27H,10-13,16-17H2. The lowest BCUT2D eigenvalue weighted by atomic mass is 10.2. The Labute approximate surface area is 187 Å². The molecule has 156 valence electrons. The Kier molecular flexibility index (Phi) is 7.00. The third kappa shape index (κ3) is 5.39. The highest BCUT2D eigenvalue weighted by molar-refractivity contribution is 6.37. The van der Waals surface area contributed by atoms with Gasteiger partial charge in [-0.3, -0.25) is 0 Å². The van der Waals surface area contributed by atoms with Crippen LogP contribution in [0, 0.1) is 0 Å².